The van der Waals surface area contributed by atoms with Crippen LogP contribution in [0.2, 0.25) is 0 Å². The molecule has 2 aromatic rings. The van der Waals surface area contributed by atoms with E-state index in [1.807, 2.05) is 26.2 Å². The third kappa shape index (κ3) is 4.03. The molecule has 2 heterocycles. The van der Waals surface area contributed by atoms with Gasteiger partial charge in [0.25, 0.3) is 0 Å². The molecule has 1 aromatic heterocycles. The molecule has 2 saturated carbocycles. The number of nitrogens with one attached hydrogen (secondary N) is 1. The number of benzene rings is 1. The number of halogens is 1. The van der Waals surface area contributed by atoms with E-state index in [2.05, 4.69) is 15.3 Å². The van der Waals surface area contributed by atoms with Gasteiger partial charge in [0.1, 0.15) is 29.7 Å². The Labute approximate surface area is 184 Å². The molecule has 1 aliphatic heterocycles. The van der Waals surface area contributed by atoms with Crippen LogP contribution in [0.3, 0.4) is 0 Å². The van der Waals surface area contributed by atoms with Gasteiger partial charge in [-0.1, -0.05) is 0 Å². The molecule has 3 unspecified atom stereocenters. The summed E-state index contributed by atoms with van der Waals surface area (Å²) < 4.78 is 26.2. The van der Waals surface area contributed by atoms with Crippen molar-refractivity contribution in [2.24, 2.45) is 5.92 Å². The number of fused-ring (bicyclic) bond motifs is 1. The van der Waals surface area contributed by atoms with Crippen molar-refractivity contribution in [1.29, 1.82) is 0 Å². The van der Waals surface area contributed by atoms with Gasteiger partial charge in [0, 0.05) is 16.9 Å². The number of rotatable bonds is 6. The highest BCUT2D eigenvalue weighted by Crippen LogP contribution is 2.48. The molecule has 1 N–H and O–H groups in total. The van der Waals surface area contributed by atoms with E-state index >= 15 is 0 Å². The van der Waals surface area contributed by atoms with Gasteiger partial charge in [-0.2, -0.15) is 0 Å². The lowest BCUT2D eigenvalue weighted by molar-refractivity contribution is 0.0548. The Morgan fingerprint density at radius 3 is 2.87 bits per heavy atom. The summed E-state index contributed by atoms with van der Waals surface area (Å²) in [6.45, 7) is 4.29. The largest absolute Gasteiger partial charge is 0.472 e. The van der Waals surface area contributed by atoms with Gasteiger partial charge in [0.05, 0.1) is 17.8 Å². The predicted molar refractivity (Wildman–Crippen MR) is 115 cm³/mol. The molecule has 7 nitrogen and oxygen atoms in total. The lowest BCUT2D eigenvalue weighted by Crippen LogP contribution is -2.37. The van der Waals surface area contributed by atoms with E-state index in [9.17, 15) is 9.18 Å². The fraction of sp³-hybridized carbons (Fsp3) is 0.500. The zero-order chi connectivity index (χ0) is 21.8. The number of piperidine rings is 1. The number of anilines is 2. The van der Waals surface area contributed by atoms with Crippen molar-refractivity contribution < 1.29 is 18.7 Å². The molecule has 31 heavy (non-hydrogen) atoms. The zero-order valence-electron chi connectivity index (χ0n) is 17.7. The predicted octanol–water partition coefficient (Wildman–Crippen LogP) is 4.53. The minimum atomic E-state index is -0.345. The van der Waals surface area contributed by atoms with E-state index in [0.717, 1.165) is 24.2 Å². The van der Waals surface area contributed by atoms with Gasteiger partial charge >= 0.3 is 6.09 Å². The Balaban J connectivity index is 1.27. The molecule has 3 fully saturated rings. The van der Waals surface area contributed by atoms with E-state index in [0.29, 0.717) is 35.4 Å². The molecule has 9 heteroatoms. The first-order valence-electron chi connectivity index (χ1n) is 10.5. The number of likely N-dealkylation sites (tertiary alicyclic amines) is 1. The fourth-order valence-electron chi connectivity index (χ4n) is 3.98. The van der Waals surface area contributed by atoms with Gasteiger partial charge in [-0.3, -0.25) is 0 Å². The van der Waals surface area contributed by atoms with Crippen molar-refractivity contribution in [2.75, 3.05) is 18.1 Å². The topological polar surface area (TPSA) is 76.6 Å². The number of thioether (sulfide) groups is 1. The minimum absolute atomic E-state index is 0.136. The van der Waals surface area contributed by atoms with Crippen molar-refractivity contribution in [2.45, 2.75) is 55.8 Å². The molecule has 2 aliphatic carbocycles. The number of nitrogens with zero attached hydrogens (tertiary/aromatic N) is 3. The van der Waals surface area contributed by atoms with Gasteiger partial charge in [-0.25, -0.2) is 19.2 Å². The SMILES string of the molecule is CSc1ccc(Nc2ncnc(OC3CN(C(=O)OC4(C)CC4)C4CC34)c2C)c(F)c1. The molecular formula is C22H25FN4O3S. The summed E-state index contributed by atoms with van der Waals surface area (Å²) in [5.41, 5.74) is 0.754. The van der Waals surface area contributed by atoms with Gasteiger partial charge < -0.3 is 19.7 Å². The highest BCUT2D eigenvalue weighted by molar-refractivity contribution is 7.98. The normalized spacial score (nSPS) is 25.0. The van der Waals surface area contributed by atoms with Crippen molar-refractivity contribution >= 4 is 29.4 Å². The Hall–Kier alpha value is -2.55. The van der Waals surface area contributed by atoms with Gasteiger partial charge in [0.2, 0.25) is 5.88 Å². The summed E-state index contributed by atoms with van der Waals surface area (Å²) in [4.78, 5) is 23.7. The van der Waals surface area contributed by atoms with Crippen LogP contribution in [0.4, 0.5) is 20.7 Å². The molecule has 3 aliphatic rings. The highest BCUT2D eigenvalue weighted by Gasteiger charge is 2.58. The molecular weight excluding hydrogens is 419 g/mol. The maximum Gasteiger partial charge on any atom is 0.410 e. The summed E-state index contributed by atoms with van der Waals surface area (Å²) in [5, 5.41) is 3.04. The smallest absolute Gasteiger partial charge is 0.410 e. The first-order chi connectivity index (χ1) is 14.9. The van der Waals surface area contributed by atoms with Crippen molar-refractivity contribution in [1.82, 2.24) is 14.9 Å². The number of amides is 1. The van der Waals surface area contributed by atoms with E-state index in [4.69, 9.17) is 9.47 Å². The van der Waals surface area contributed by atoms with Crippen LogP contribution >= 0.6 is 11.8 Å². The van der Waals surface area contributed by atoms with Crippen LogP contribution in [-0.4, -0.2) is 51.5 Å². The van der Waals surface area contributed by atoms with Crippen LogP contribution in [-0.2, 0) is 4.74 Å². The van der Waals surface area contributed by atoms with E-state index < -0.39 is 0 Å². The summed E-state index contributed by atoms with van der Waals surface area (Å²) in [6.07, 6.45) is 5.69. The average Bonchev–Trinajstić information content (AvgIpc) is 3.65. The maximum absolute atomic E-state index is 14.4. The van der Waals surface area contributed by atoms with Crippen LogP contribution < -0.4 is 10.1 Å². The van der Waals surface area contributed by atoms with Gasteiger partial charge in [0.15, 0.2) is 0 Å². The Kier molecular flexibility index (Phi) is 4.96. The van der Waals surface area contributed by atoms with Crippen molar-refractivity contribution in [3.63, 3.8) is 0 Å². The zero-order valence-corrected chi connectivity index (χ0v) is 18.5. The fourth-order valence-corrected chi connectivity index (χ4v) is 4.40. The number of ether oxygens (including phenoxy) is 2. The van der Waals surface area contributed by atoms with Crippen LogP contribution in [0, 0.1) is 18.7 Å². The van der Waals surface area contributed by atoms with Crippen LogP contribution in [0.1, 0.15) is 31.7 Å². The standard InChI is InChI=1S/C22H25FN4O3S/c1-12-19(26-16-5-4-13(31-3)8-15(16)23)24-11-25-20(12)29-18-10-27(17-9-14(17)18)21(28)30-22(2)6-7-22/h4-5,8,11,14,17-18H,6-7,9-10H2,1-3H3,(H,24,25,26). The maximum atomic E-state index is 14.4. The second-order valence-corrected chi connectivity index (χ2v) is 9.60. The first kappa shape index (κ1) is 20.4. The van der Waals surface area contributed by atoms with E-state index in [-0.39, 0.29) is 29.7 Å². The Morgan fingerprint density at radius 1 is 1.35 bits per heavy atom. The summed E-state index contributed by atoms with van der Waals surface area (Å²) >= 11 is 1.48. The molecule has 1 saturated heterocycles. The monoisotopic (exact) mass is 444 g/mol. The Bertz CT molecular complexity index is 1030. The molecule has 5 rings (SSSR count). The van der Waals surface area contributed by atoms with Gasteiger partial charge in [-0.15, -0.1) is 11.8 Å². The van der Waals surface area contributed by atoms with Crippen LogP contribution in [0.15, 0.2) is 29.4 Å². The van der Waals surface area contributed by atoms with Crippen LogP contribution in [0.25, 0.3) is 0 Å². The number of hydrogen-bond donors (Lipinski definition) is 1. The first-order valence-corrected chi connectivity index (χ1v) is 11.7. The lowest BCUT2D eigenvalue weighted by Gasteiger charge is -2.23. The third-order valence-corrected chi connectivity index (χ3v) is 7.04. The second-order valence-electron chi connectivity index (χ2n) is 8.72. The molecule has 164 valence electrons. The summed E-state index contributed by atoms with van der Waals surface area (Å²) in [7, 11) is 0. The minimum Gasteiger partial charge on any atom is -0.472 e. The number of carbonyl (C=O) groups is 1. The summed E-state index contributed by atoms with van der Waals surface area (Å²) in [5.74, 6) is 0.882. The third-order valence-electron chi connectivity index (χ3n) is 6.31. The molecule has 3 atom stereocenters. The number of carbonyl (C=O) groups excluding carboxylic acids is 1. The number of aromatic nitrogens is 2. The highest BCUT2D eigenvalue weighted by atomic mass is 32.2. The quantitative estimate of drug-likeness (QED) is 0.656. The molecule has 0 spiro atoms. The van der Waals surface area contributed by atoms with Crippen molar-refractivity contribution in [3.05, 3.63) is 35.9 Å². The Morgan fingerprint density at radius 2 is 2.16 bits per heavy atom. The molecule has 1 amide bonds. The van der Waals surface area contributed by atoms with E-state index in [1.165, 1.54) is 24.2 Å². The number of hydrogen-bond acceptors (Lipinski definition) is 7. The molecule has 0 radical (unpaired) electrons. The summed E-state index contributed by atoms with van der Waals surface area (Å²) in [6, 6.07) is 5.22. The molecule has 1 aromatic carbocycles. The molecule has 0 bridgehead atoms. The average molecular weight is 445 g/mol. The second kappa shape index (κ2) is 7.55. The van der Waals surface area contributed by atoms with Crippen LogP contribution in [0.5, 0.6) is 5.88 Å². The van der Waals surface area contributed by atoms with Gasteiger partial charge in [-0.05, 0) is 57.6 Å². The lowest BCUT2D eigenvalue weighted by atomic mass is 10.2. The van der Waals surface area contributed by atoms with Crippen molar-refractivity contribution in [3.8, 4) is 5.88 Å². The van der Waals surface area contributed by atoms with E-state index in [1.54, 1.807) is 11.0 Å².